The van der Waals surface area contributed by atoms with E-state index in [0.717, 1.165) is 32.0 Å². The first kappa shape index (κ1) is 13.4. The molecule has 3 nitrogen and oxygen atoms in total. The van der Waals surface area contributed by atoms with Crippen LogP contribution in [0.3, 0.4) is 0 Å². The van der Waals surface area contributed by atoms with Crippen molar-refractivity contribution in [3.63, 3.8) is 0 Å². The Hall–Kier alpha value is -1.01. The van der Waals surface area contributed by atoms with E-state index in [1.807, 2.05) is 0 Å². The lowest BCUT2D eigenvalue weighted by molar-refractivity contribution is -0.138. The summed E-state index contributed by atoms with van der Waals surface area (Å²) in [5.41, 5.74) is -0.851. The number of aromatic nitrogens is 1. The van der Waals surface area contributed by atoms with E-state index < -0.39 is 11.7 Å². The Morgan fingerprint density at radius 2 is 2.00 bits per heavy atom. The topological polar surface area (TPSA) is 34.1 Å². The van der Waals surface area contributed by atoms with Crippen LogP contribution in [-0.4, -0.2) is 24.2 Å². The monoisotopic (exact) mass is 280 g/mol. The molecule has 0 spiro atoms. The van der Waals surface area contributed by atoms with Gasteiger partial charge in [-0.3, -0.25) is 0 Å². The molecule has 0 amide bonds. The smallest absolute Gasteiger partial charge is 0.418 e. The summed E-state index contributed by atoms with van der Waals surface area (Å²) in [6, 6.07) is 0.900. The summed E-state index contributed by atoms with van der Waals surface area (Å²) in [5.74, 6) is -0.00149. The summed E-state index contributed by atoms with van der Waals surface area (Å²) in [4.78, 5) is 3.52. The molecule has 100 valence electrons. The quantitative estimate of drug-likeness (QED) is 0.846. The molecule has 1 saturated heterocycles. The summed E-state index contributed by atoms with van der Waals surface area (Å²) >= 11 is 5.75. The molecular formula is C11H12ClF3N2O. The van der Waals surface area contributed by atoms with Gasteiger partial charge in [0.2, 0.25) is 0 Å². The van der Waals surface area contributed by atoms with E-state index in [1.165, 1.54) is 0 Å². The number of alkyl halides is 3. The van der Waals surface area contributed by atoms with Gasteiger partial charge in [-0.05, 0) is 32.0 Å². The van der Waals surface area contributed by atoms with E-state index in [9.17, 15) is 13.2 Å². The van der Waals surface area contributed by atoms with Gasteiger partial charge in [0, 0.05) is 6.20 Å². The van der Waals surface area contributed by atoms with Crippen LogP contribution in [0.4, 0.5) is 13.2 Å². The van der Waals surface area contributed by atoms with Crippen molar-refractivity contribution in [2.45, 2.75) is 25.1 Å². The zero-order valence-electron chi connectivity index (χ0n) is 9.43. The largest absolute Gasteiger partial charge is 0.487 e. The van der Waals surface area contributed by atoms with Crippen molar-refractivity contribution in [1.82, 2.24) is 10.3 Å². The standard InChI is InChI=1S/C11H12ClF3N2O/c12-10-9(18-8-1-3-16-4-2-8)5-7(6-17-10)11(13,14)15/h5-6,8,16H,1-4H2. The van der Waals surface area contributed by atoms with Gasteiger partial charge in [-0.25, -0.2) is 4.98 Å². The lowest BCUT2D eigenvalue weighted by atomic mass is 10.1. The lowest BCUT2D eigenvalue weighted by Crippen LogP contribution is -2.34. The fourth-order valence-corrected chi connectivity index (χ4v) is 1.91. The van der Waals surface area contributed by atoms with E-state index in [4.69, 9.17) is 16.3 Å². The SMILES string of the molecule is FC(F)(F)c1cnc(Cl)c(OC2CCNCC2)c1. The normalized spacial score (nSPS) is 17.8. The van der Waals surface area contributed by atoms with E-state index in [0.29, 0.717) is 6.20 Å². The van der Waals surface area contributed by atoms with Crippen molar-refractivity contribution in [1.29, 1.82) is 0 Å². The molecule has 0 bridgehead atoms. The zero-order valence-corrected chi connectivity index (χ0v) is 10.2. The Morgan fingerprint density at radius 1 is 1.33 bits per heavy atom. The fraction of sp³-hybridized carbons (Fsp3) is 0.545. The van der Waals surface area contributed by atoms with Gasteiger partial charge in [0.25, 0.3) is 0 Å². The number of ether oxygens (including phenoxy) is 1. The Labute approximate surface area is 107 Å². The number of rotatable bonds is 2. The first-order valence-corrected chi connectivity index (χ1v) is 5.95. The number of piperidine rings is 1. The molecule has 2 heterocycles. The van der Waals surface area contributed by atoms with Crippen LogP contribution in [0.15, 0.2) is 12.3 Å². The molecule has 0 aliphatic carbocycles. The van der Waals surface area contributed by atoms with E-state index in [1.54, 1.807) is 0 Å². The van der Waals surface area contributed by atoms with Gasteiger partial charge in [-0.1, -0.05) is 11.6 Å². The van der Waals surface area contributed by atoms with Crippen molar-refractivity contribution in [3.8, 4) is 5.75 Å². The number of nitrogens with zero attached hydrogens (tertiary/aromatic N) is 1. The highest BCUT2D eigenvalue weighted by molar-refractivity contribution is 6.30. The average Bonchev–Trinajstić information content (AvgIpc) is 2.32. The number of nitrogens with one attached hydrogen (secondary N) is 1. The first-order chi connectivity index (χ1) is 8.47. The second kappa shape index (κ2) is 5.32. The molecule has 0 radical (unpaired) electrons. The van der Waals surface area contributed by atoms with Crippen LogP contribution < -0.4 is 10.1 Å². The summed E-state index contributed by atoms with van der Waals surface area (Å²) in [6.07, 6.45) is -2.37. The van der Waals surface area contributed by atoms with Crippen molar-refractivity contribution in [2.24, 2.45) is 0 Å². The average molecular weight is 281 g/mol. The summed E-state index contributed by atoms with van der Waals surface area (Å²) in [7, 11) is 0. The number of pyridine rings is 1. The highest BCUT2D eigenvalue weighted by Gasteiger charge is 2.32. The lowest BCUT2D eigenvalue weighted by Gasteiger charge is -2.24. The molecule has 0 saturated carbocycles. The molecule has 1 fully saturated rings. The van der Waals surface area contributed by atoms with Gasteiger partial charge in [0.05, 0.1) is 5.56 Å². The van der Waals surface area contributed by atoms with Gasteiger partial charge >= 0.3 is 6.18 Å². The number of hydrogen-bond acceptors (Lipinski definition) is 3. The summed E-state index contributed by atoms with van der Waals surface area (Å²) in [6.45, 7) is 1.57. The maximum Gasteiger partial charge on any atom is 0.418 e. The van der Waals surface area contributed by atoms with Crippen LogP contribution in [0.5, 0.6) is 5.75 Å². The second-order valence-corrected chi connectivity index (χ2v) is 4.44. The van der Waals surface area contributed by atoms with Crippen molar-refractivity contribution in [3.05, 3.63) is 23.0 Å². The molecule has 0 atom stereocenters. The predicted molar refractivity (Wildman–Crippen MR) is 60.8 cm³/mol. The van der Waals surface area contributed by atoms with Crippen molar-refractivity contribution in [2.75, 3.05) is 13.1 Å². The third kappa shape index (κ3) is 3.26. The highest BCUT2D eigenvalue weighted by Crippen LogP contribution is 2.34. The predicted octanol–water partition coefficient (Wildman–Crippen LogP) is 2.88. The molecule has 1 N–H and O–H groups in total. The zero-order chi connectivity index (χ0) is 13.2. The van der Waals surface area contributed by atoms with Gasteiger partial charge in [-0.2, -0.15) is 13.2 Å². The maximum atomic E-state index is 12.5. The Bertz CT molecular complexity index is 419. The first-order valence-electron chi connectivity index (χ1n) is 5.57. The van der Waals surface area contributed by atoms with Crippen LogP contribution in [0.1, 0.15) is 18.4 Å². The molecule has 0 aromatic carbocycles. The fourth-order valence-electron chi connectivity index (χ4n) is 1.76. The molecule has 2 rings (SSSR count). The van der Waals surface area contributed by atoms with Crippen LogP contribution in [0.2, 0.25) is 5.15 Å². The molecule has 7 heteroatoms. The van der Waals surface area contributed by atoms with Crippen LogP contribution in [-0.2, 0) is 6.18 Å². The Morgan fingerprint density at radius 3 is 2.61 bits per heavy atom. The molecule has 1 aromatic rings. The van der Waals surface area contributed by atoms with Crippen molar-refractivity contribution < 1.29 is 17.9 Å². The van der Waals surface area contributed by atoms with E-state index in [-0.39, 0.29) is 17.0 Å². The van der Waals surface area contributed by atoms with Crippen LogP contribution in [0, 0.1) is 0 Å². The van der Waals surface area contributed by atoms with E-state index >= 15 is 0 Å². The summed E-state index contributed by atoms with van der Waals surface area (Å²) in [5, 5.41) is 3.10. The Kier molecular flexibility index (Phi) is 3.97. The molecule has 0 unspecified atom stereocenters. The minimum Gasteiger partial charge on any atom is -0.487 e. The summed E-state index contributed by atoms with van der Waals surface area (Å²) < 4.78 is 43.1. The van der Waals surface area contributed by atoms with Crippen molar-refractivity contribution >= 4 is 11.6 Å². The number of halogens is 4. The highest BCUT2D eigenvalue weighted by atomic mass is 35.5. The molecule has 18 heavy (non-hydrogen) atoms. The minimum atomic E-state index is -4.44. The molecule has 1 aliphatic heterocycles. The van der Waals surface area contributed by atoms with Gasteiger partial charge in [0.1, 0.15) is 6.10 Å². The minimum absolute atomic E-state index is 0.00149. The molecule has 1 aromatic heterocycles. The van der Waals surface area contributed by atoms with Crippen LogP contribution in [0.25, 0.3) is 0 Å². The third-order valence-corrected chi connectivity index (χ3v) is 3.00. The molecular weight excluding hydrogens is 269 g/mol. The molecule has 1 aliphatic rings. The second-order valence-electron chi connectivity index (χ2n) is 4.08. The van der Waals surface area contributed by atoms with Crippen LogP contribution >= 0.6 is 11.6 Å². The van der Waals surface area contributed by atoms with Gasteiger partial charge < -0.3 is 10.1 Å². The maximum absolute atomic E-state index is 12.5. The third-order valence-electron chi connectivity index (χ3n) is 2.71. The van der Waals surface area contributed by atoms with Gasteiger partial charge in [-0.15, -0.1) is 0 Å². The Balaban J connectivity index is 2.15. The van der Waals surface area contributed by atoms with Gasteiger partial charge in [0.15, 0.2) is 10.9 Å². The number of hydrogen-bond donors (Lipinski definition) is 1. The van der Waals surface area contributed by atoms with E-state index in [2.05, 4.69) is 10.3 Å².